The van der Waals surface area contributed by atoms with E-state index < -0.39 is 23.4 Å². The second-order valence-corrected chi connectivity index (χ2v) is 6.06. The number of rotatable bonds is 5. The molecule has 0 aromatic heterocycles. The zero-order valence-electron chi connectivity index (χ0n) is 12.1. The van der Waals surface area contributed by atoms with E-state index in [0.29, 0.717) is 0 Å². The maximum Gasteiger partial charge on any atom is 0.416 e. The molecular weight excluding hydrogens is 307 g/mol. The Kier molecular flexibility index (Phi) is 5.90. The van der Waals surface area contributed by atoms with Gasteiger partial charge >= 0.3 is 6.18 Å². The van der Waals surface area contributed by atoms with Crippen LogP contribution in [0.4, 0.5) is 18.9 Å². The lowest BCUT2D eigenvalue weighted by atomic mass is 10.2. The van der Waals surface area contributed by atoms with Crippen LogP contribution in [0.1, 0.15) is 26.3 Å². The Balaban J connectivity index is 2.63. The third kappa shape index (κ3) is 6.54. The molecule has 2 N–H and O–H groups in total. The number of hydrogen-bond donors (Lipinski definition) is 2. The van der Waals surface area contributed by atoms with E-state index in [4.69, 9.17) is 16.3 Å². The molecule has 21 heavy (non-hydrogen) atoms. The second kappa shape index (κ2) is 6.85. The molecule has 0 aliphatic heterocycles. The van der Waals surface area contributed by atoms with E-state index in [1.807, 2.05) is 20.8 Å². The van der Waals surface area contributed by atoms with Gasteiger partial charge in [0, 0.05) is 6.54 Å². The summed E-state index contributed by atoms with van der Waals surface area (Å²) in [6.45, 7) is 5.65. The Hall–Kier alpha value is -0.980. The van der Waals surface area contributed by atoms with Gasteiger partial charge in [0.1, 0.15) is 0 Å². The van der Waals surface area contributed by atoms with Crippen molar-refractivity contribution in [2.75, 3.05) is 18.5 Å². The van der Waals surface area contributed by atoms with Crippen molar-refractivity contribution < 1.29 is 23.0 Å². The van der Waals surface area contributed by atoms with Crippen molar-refractivity contribution in [2.45, 2.75) is 38.7 Å². The fourth-order valence-electron chi connectivity index (χ4n) is 1.47. The van der Waals surface area contributed by atoms with E-state index in [-0.39, 0.29) is 23.9 Å². The number of ether oxygens (including phenoxy) is 1. The molecule has 7 heteroatoms. The van der Waals surface area contributed by atoms with Crippen molar-refractivity contribution in [1.82, 2.24) is 0 Å². The highest BCUT2D eigenvalue weighted by Crippen LogP contribution is 2.33. The fourth-order valence-corrected chi connectivity index (χ4v) is 1.65. The maximum absolute atomic E-state index is 12.6. The van der Waals surface area contributed by atoms with Gasteiger partial charge in [-0.05, 0) is 39.0 Å². The normalized spacial score (nSPS) is 14.1. The van der Waals surface area contributed by atoms with E-state index in [1.165, 1.54) is 6.07 Å². The van der Waals surface area contributed by atoms with Gasteiger partial charge in [0.25, 0.3) is 0 Å². The van der Waals surface area contributed by atoms with E-state index in [0.717, 1.165) is 12.1 Å². The molecule has 0 radical (unpaired) electrons. The summed E-state index contributed by atoms with van der Waals surface area (Å²) < 4.78 is 43.2. The van der Waals surface area contributed by atoms with Crippen LogP contribution >= 0.6 is 11.6 Å². The van der Waals surface area contributed by atoms with Crippen LogP contribution in [0.5, 0.6) is 0 Å². The van der Waals surface area contributed by atoms with E-state index in [1.54, 1.807) is 0 Å². The molecule has 1 aromatic carbocycles. The van der Waals surface area contributed by atoms with Crippen LogP contribution in [-0.4, -0.2) is 30.0 Å². The van der Waals surface area contributed by atoms with Crippen LogP contribution < -0.4 is 5.32 Å². The SMILES string of the molecule is CC(C)(C)OCC(O)CNc1cc(C(F)(F)F)ccc1Cl. The molecule has 0 fully saturated rings. The molecule has 0 saturated carbocycles. The average molecular weight is 326 g/mol. The van der Waals surface area contributed by atoms with Crippen molar-refractivity contribution in [3.63, 3.8) is 0 Å². The summed E-state index contributed by atoms with van der Waals surface area (Å²) >= 11 is 5.84. The first-order chi connectivity index (χ1) is 9.49. The summed E-state index contributed by atoms with van der Waals surface area (Å²) in [7, 11) is 0. The van der Waals surface area contributed by atoms with Crippen molar-refractivity contribution in [1.29, 1.82) is 0 Å². The standard InChI is InChI=1S/C14H19ClF3NO2/c1-13(2,3)21-8-10(20)7-19-12-6-9(14(16,17)18)4-5-11(12)15/h4-6,10,19-20H,7-8H2,1-3H3. The Morgan fingerprint density at radius 2 is 1.90 bits per heavy atom. The summed E-state index contributed by atoms with van der Waals surface area (Å²) in [6.07, 6.45) is -5.29. The Morgan fingerprint density at radius 3 is 2.43 bits per heavy atom. The van der Waals surface area contributed by atoms with Gasteiger partial charge in [-0.15, -0.1) is 0 Å². The lowest BCUT2D eigenvalue weighted by molar-refractivity contribution is -0.137. The van der Waals surface area contributed by atoms with Crippen LogP contribution in [0.2, 0.25) is 5.02 Å². The molecule has 1 unspecified atom stereocenters. The predicted molar refractivity (Wildman–Crippen MR) is 76.7 cm³/mol. The van der Waals surface area contributed by atoms with Crippen molar-refractivity contribution in [3.05, 3.63) is 28.8 Å². The third-order valence-electron chi connectivity index (χ3n) is 2.53. The molecule has 1 aromatic rings. The van der Waals surface area contributed by atoms with E-state index in [9.17, 15) is 18.3 Å². The zero-order chi connectivity index (χ0) is 16.3. The van der Waals surface area contributed by atoms with Gasteiger partial charge in [-0.3, -0.25) is 0 Å². The molecule has 0 bridgehead atoms. The van der Waals surface area contributed by atoms with Crippen LogP contribution in [0.25, 0.3) is 0 Å². The summed E-state index contributed by atoms with van der Waals surface area (Å²) in [5.74, 6) is 0. The van der Waals surface area contributed by atoms with Gasteiger partial charge < -0.3 is 15.2 Å². The molecule has 0 aliphatic rings. The zero-order valence-corrected chi connectivity index (χ0v) is 12.8. The quantitative estimate of drug-likeness (QED) is 0.861. The predicted octanol–water partition coefficient (Wildman–Crippen LogP) is 3.95. The molecule has 0 aliphatic carbocycles. The third-order valence-corrected chi connectivity index (χ3v) is 2.86. The number of aliphatic hydroxyl groups is 1. The molecule has 1 atom stereocenters. The van der Waals surface area contributed by atoms with Crippen LogP contribution in [0.3, 0.4) is 0 Å². The second-order valence-electron chi connectivity index (χ2n) is 5.65. The lowest BCUT2D eigenvalue weighted by Crippen LogP contribution is -2.30. The highest BCUT2D eigenvalue weighted by Gasteiger charge is 2.31. The highest BCUT2D eigenvalue weighted by molar-refractivity contribution is 6.33. The average Bonchev–Trinajstić information content (AvgIpc) is 2.33. The van der Waals surface area contributed by atoms with Crippen LogP contribution in [-0.2, 0) is 10.9 Å². The van der Waals surface area contributed by atoms with Gasteiger partial charge in [0.2, 0.25) is 0 Å². The van der Waals surface area contributed by atoms with E-state index in [2.05, 4.69) is 5.32 Å². The van der Waals surface area contributed by atoms with Crippen molar-refractivity contribution in [2.24, 2.45) is 0 Å². The molecule has 120 valence electrons. The number of benzene rings is 1. The largest absolute Gasteiger partial charge is 0.416 e. The lowest BCUT2D eigenvalue weighted by Gasteiger charge is -2.22. The molecule has 0 spiro atoms. The molecular formula is C14H19ClF3NO2. The summed E-state index contributed by atoms with van der Waals surface area (Å²) in [5, 5.41) is 12.6. The van der Waals surface area contributed by atoms with Gasteiger partial charge in [-0.1, -0.05) is 11.6 Å². The molecule has 3 nitrogen and oxygen atoms in total. The minimum Gasteiger partial charge on any atom is -0.389 e. The Bertz CT molecular complexity index is 472. The number of halogens is 4. The Morgan fingerprint density at radius 1 is 1.29 bits per heavy atom. The molecule has 0 amide bonds. The van der Waals surface area contributed by atoms with Crippen molar-refractivity contribution >= 4 is 17.3 Å². The number of aliphatic hydroxyl groups excluding tert-OH is 1. The van der Waals surface area contributed by atoms with Gasteiger partial charge in [-0.25, -0.2) is 0 Å². The van der Waals surface area contributed by atoms with Crippen molar-refractivity contribution in [3.8, 4) is 0 Å². The monoisotopic (exact) mass is 325 g/mol. The maximum atomic E-state index is 12.6. The first-order valence-electron chi connectivity index (χ1n) is 6.42. The van der Waals surface area contributed by atoms with Crippen LogP contribution in [0, 0.1) is 0 Å². The molecule has 1 rings (SSSR count). The van der Waals surface area contributed by atoms with Crippen LogP contribution in [0.15, 0.2) is 18.2 Å². The minimum atomic E-state index is -4.44. The topological polar surface area (TPSA) is 41.5 Å². The summed E-state index contributed by atoms with van der Waals surface area (Å²) in [4.78, 5) is 0. The smallest absolute Gasteiger partial charge is 0.389 e. The minimum absolute atomic E-state index is 0.0388. The number of anilines is 1. The van der Waals surface area contributed by atoms with Gasteiger partial charge in [0.05, 0.1) is 34.6 Å². The summed E-state index contributed by atoms with van der Waals surface area (Å²) in [5.41, 5.74) is -1.06. The first-order valence-corrected chi connectivity index (χ1v) is 6.79. The number of alkyl halides is 3. The van der Waals surface area contributed by atoms with E-state index >= 15 is 0 Å². The molecule has 0 saturated heterocycles. The van der Waals surface area contributed by atoms with Gasteiger partial charge in [0.15, 0.2) is 0 Å². The Labute approximate surface area is 127 Å². The van der Waals surface area contributed by atoms with Gasteiger partial charge in [-0.2, -0.15) is 13.2 Å². The first kappa shape index (κ1) is 18.1. The number of nitrogens with one attached hydrogen (secondary N) is 1. The molecule has 0 heterocycles. The highest BCUT2D eigenvalue weighted by atomic mass is 35.5. The number of hydrogen-bond acceptors (Lipinski definition) is 3. The fraction of sp³-hybridized carbons (Fsp3) is 0.571. The summed E-state index contributed by atoms with van der Waals surface area (Å²) in [6, 6.07) is 3.00.